The van der Waals surface area contributed by atoms with E-state index in [1.54, 1.807) is 29.1 Å². The van der Waals surface area contributed by atoms with Crippen LogP contribution in [0.25, 0.3) is 5.69 Å². The van der Waals surface area contributed by atoms with Crippen molar-refractivity contribution in [1.29, 1.82) is 0 Å². The molecule has 3 aromatic rings. The van der Waals surface area contributed by atoms with E-state index >= 15 is 0 Å². The molecule has 2 heterocycles. The molecule has 1 saturated heterocycles. The van der Waals surface area contributed by atoms with Gasteiger partial charge in [-0.3, -0.25) is 9.59 Å². The second kappa shape index (κ2) is 8.53. The number of thioether (sulfide) groups is 1. The SMILES string of the molecule is Cc1cc(C(=O)N2CCSCC2)ccc1NC(=O)c1ccn(-c2ccccc2)n1. The maximum Gasteiger partial charge on any atom is 0.276 e. The predicted octanol–water partition coefficient (Wildman–Crippen LogP) is 3.62. The van der Waals surface area contributed by atoms with Crippen LogP contribution in [0.5, 0.6) is 0 Å². The average Bonchev–Trinajstić information content (AvgIpc) is 3.26. The van der Waals surface area contributed by atoms with E-state index < -0.39 is 0 Å². The molecule has 2 aromatic carbocycles. The van der Waals surface area contributed by atoms with Gasteiger partial charge < -0.3 is 10.2 Å². The zero-order valence-electron chi connectivity index (χ0n) is 16.2. The second-order valence-corrected chi connectivity index (χ2v) is 8.09. The molecule has 1 aliphatic rings. The summed E-state index contributed by atoms with van der Waals surface area (Å²) in [7, 11) is 0. The van der Waals surface area contributed by atoms with E-state index in [1.165, 1.54) is 0 Å². The second-order valence-electron chi connectivity index (χ2n) is 6.87. The van der Waals surface area contributed by atoms with Crippen molar-refractivity contribution in [3.8, 4) is 5.69 Å². The third-order valence-corrected chi connectivity index (χ3v) is 5.80. The van der Waals surface area contributed by atoms with Crippen molar-refractivity contribution < 1.29 is 9.59 Å². The average molecular weight is 407 g/mol. The third-order valence-electron chi connectivity index (χ3n) is 4.86. The van der Waals surface area contributed by atoms with Gasteiger partial charge in [-0.05, 0) is 48.9 Å². The summed E-state index contributed by atoms with van der Waals surface area (Å²) in [4.78, 5) is 27.2. The number of para-hydroxylation sites is 1. The minimum Gasteiger partial charge on any atom is -0.337 e. The predicted molar refractivity (Wildman–Crippen MR) is 116 cm³/mol. The van der Waals surface area contributed by atoms with Crippen molar-refractivity contribution in [3.05, 3.63) is 77.6 Å². The van der Waals surface area contributed by atoms with Crippen molar-refractivity contribution >= 4 is 29.3 Å². The van der Waals surface area contributed by atoms with Gasteiger partial charge in [-0.25, -0.2) is 4.68 Å². The van der Waals surface area contributed by atoms with Crippen LogP contribution in [0.2, 0.25) is 0 Å². The standard InChI is InChI=1S/C22H22N4O2S/c1-16-15-17(22(28)25-11-13-29-14-12-25)7-8-19(16)23-21(27)20-9-10-26(24-20)18-5-3-2-4-6-18/h2-10,15H,11-14H2,1H3,(H,23,27). The number of nitrogens with zero attached hydrogens (tertiary/aromatic N) is 3. The summed E-state index contributed by atoms with van der Waals surface area (Å²) in [5.41, 5.74) is 3.40. The maximum absolute atomic E-state index is 12.7. The number of benzene rings is 2. The first kappa shape index (κ1) is 19.3. The van der Waals surface area contributed by atoms with Gasteiger partial charge >= 0.3 is 0 Å². The molecule has 1 aliphatic heterocycles. The first-order chi connectivity index (χ1) is 14.1. The molecule has 148 valence electrons. The molecule has 0 bridgehead atoms. The van der Waals surface area contributed by atoms with Crippen LogP contribution in [-0.2, 0) is 0 Å². The Bertz CT molecular complexity index is 1030. The lowest BCUT2D eigenvalue weighted by atomic mass is 10.1. The molecule has 0 aliphatic carbocycles. The zero-order chi connectivity index (χ0) is 20.2. The van der Waals surface area contributed by atoms with Gasteiger partial charge in [0.05, 0.1) is 5.69 Å². The number of carbonyl (C=O) groups is 2. The molecule has 29 heavy (non-hydrogen) atoms. The Balaban J connectivity index is 1.46. The van der Waals surface area contributed by atoms with Crippen LogP contribution in [0.15, 0.2) is 60.8 Å². The number of aryl methyl sites for hydroxylation is 1. The highest BCUT2D eigenvalue weighted by atomic mass is 32.2. The van der Waals surface area contributed by atoms with Crippen LogP contribution in [0.4, 0.5) is 5.69 Å². The molecule has 0 spiro atoms. The Labute approximate surface area is 173 Å². The number of hydrogen-bond donors (Lipinski definition) is 1. The van der Waals surface area contributed by atoms with Crippen LogP contribution in [-0.4, -0.2) is 51.1 Å². The molecule has 0 saturated carbocycles. The molecule has 7 heteroatoms. The van der Waals surface area contributed by atoms with E-state index in [9.17, 15) is 9.59 Å². The van der Waals surface area contributed by atoms with E-state index in [-0.39, 0.29) is 11.8 Å². The number of anilines is 1. The van der Waals surface area contributed by atoms with Gasteiger partial charge in [0.2, 0.25) is 0 Å². The van der Waals surface area contributed by atoms with Crippen LogP contribution in [0.1, 0.15) is 26.4 Å². The summed E-state index contributed by atoms with van der Waals surface area (Å²) in [5.74, 6) is 1.73. The highest BCUT2D eigenvalue weighted by Crippen LogP contribution is 2.20. The largest absolute Gasteiger partial charge is 0.337 e. The fourth-order valence-electron chi connectivity index (χ4n) is 3.24. The Kier molecular flexibility index (Phi) is 5.67. The number of nitrogens with one attached hydrogen (secondary N) is 1. The molecule has 0 unspecified atom stereocenters. The van der Waals surface area contributed by atoms with Gasteiger partial charge in [0, 0.05) is 42.0 Å². The van der Waals surface area contributed by atoms with Gasteiger partial charge in [-0.1, -0.05) is 18.2 Å². The highest BCUT2D eigenvalue weighted by Gasteiger charge is 2.19. The summed E-state index contributed by atoms with van der Waals surface area (Å²) < 4.78 is 1.67. The maximum atomic E-state index is 12.7. The number of rotatable bonds is 4. The molecular weight excluding hydrogens is 384 g/mol. The molecular formula is C22H22N4O2S. The van der Waals surface area contributed by atoms with Crippen LogP contribution in [0, 0.1) is 6.92 Å². The fraction of sp³-hybridized carbons (Fsp3) is 0.227. The minimum absolute atomic E-state index is 0.0490. The normalized spacial score (nSPS) is 13.9. The molecule has 1 aromatic heterocycles. The van der Waals surface area contributed by atoms with E-state index in [0.717, 1.165) is 35.8 Å². The number of carbonyl (C=O) groups excluding carboxylic acids is 2. The van der Waals surface area contributed by atoms with Crippen LogP contribution < -0.4 is 5.32 Å². The first-order valence-electron chi connectivity index (χ1n) is 9.52. The monoisotopic (exact) mass is 406 g/mol. The lowest BCUT2D eigenvalue weighted by Gasteiger charge is -2.26. The number of amides is 2. The molecule has 2 amide bonds. The molecule has 6 nitrogen and oxygen atoms in total. The summed E-state index contributed by atoms with van der Waals surface area (Å²) in [6.45, 7) is 3.46. The molecule has 4 rings (SSSR count). The Morgan fingerprint density at radius 2 is 1.79 bits per heavy atom. The highest BCUT2D eigenvalue weighted by molar-refractivity contribution is 7.99. The Hall–Kier alpha value is -3.06. The van der Waals surface area contributed by atoms with Crippen molar-refractivity contribution in [2.75, 3.05) is 29.9 Å². The van der Waals surface area contributed by atoms with Crippen molar-refractivity contribution in [2.24, 2.45) is 0 Å². The van der Waals surface area contributed by atoms with Crippen molar-refractivity contribution in [2.45, 2.75) is 6.92 Å². The van der Waals surface area contributed by atoms with E-state index in [2.05, 4.69) is 10.4 Å². The smallest absolute Gasteiger partial charge is 0.276 e. The van der Waals surface area contributed by atoms with Gasteiger partial charge in [0.15, 0.2) is 5.69 Å². The van der Waals surface area contributed by atoms with Gasteiger partial charge in [0.1, 0.15) is 0 Å². The zero-order valence-corrected chi connectivity index (χ0v) is 17.0. The lowest BCUT2D eigenvalue weighted by Crippen LogP contribution is -2.37. The summed E-state index contributed by atoms with van der Waals surface area (Å²) >= 11 is 1.87. The van der Waals surface area contributed by atoms with E-state index in [4.69, 9.17) is 0 Å². The Morgan fingerprint density at radius 3 is 2.52 bits per heavy atom. The number of hydrogen-bond acceptors (Lipinski definition) is 4. The van der Waals surface area contributed by atoms with Crippen molar-refractivity contribution in [3.63, 3.8) is 0 Å². The molecule has 1 N–H and O–H groups in total. The fourth-order valence-corrected chi connectivity index (χ4v) is 4.14. The third kappa shape index (κ3) is 4.35. The lowest BCUT2D eigenvalue weighted by molar-refractivity contribution is 0.0772. The molecule has 0 radical (unpaired) electrons. The van der Waals surface area contributed by atoms with Crippen molar-refractivity contribution in [1.82, 2.24) is 14.7 Å². The summed E-state index contributed by atoms with van der Waals surface area (Å²) in [5, 5.41) is 7.25. The summed E-state index contributed by atoms with van der Waals surface area (Å²) in [6, 6.07) is 16.7. The van der Waals surface area contributed by atoms with Gasteiger partial charge in [-0.15, -0.1) is 0 Å². The summed E-state index contributed by atoms with van der Waals surface area (Å²) in [6.07, 6.45) is 1.76. The topological polar surface area (TPSA) is 67.2 Å². The molecule has 1 fully saturated rings. The van der Waals surface area contributed by atoms with E-state index in [0.29, 0.717) is 16.9 Å². The van der Waals surface area contributed by atoms with Gasteiger partial charge in [-0.2, -0.15) is 16.9 Å². The Morgan fingerprint density at radius 1 is 1.03 bits per heavy atom. The quantitative estimate of drug-likeness (QED) is 0.719. The van der Waals surface area contributed by atoms with Crippen LogP contribution in [0.3, 0.4) is 0 Å². The van der Waals surface area contributed by atoms with Gasteiger partial charge in [0.25, 0.3) is 11.8 Å². The van der Waals surface area contributed by atoms with Crippen LogP contribution >= 0.6 is 11.8 Å². The van der Waals surface area contributed by atoms with E-state index in [1.807, 2.05) is 60.0 Å². The number of aromatic nitrogens is 2. The molecule has 0 atom stereocenters. The first-order valence-corrected chi connectivity index (χ1v) is 10.7. The minimum atomic E-state index is -0.282.